The van der Waals surface area contributed by atoms with Gasteiger partial charge in [-0.1, -0.05) is 50.3 Å². The number of allylic oxidation sites excluding steroid dienone is 2. The topological polar surface area (TPSA) is 12.4 Å². The fourth-order valence-electron chi connectivity index (χ4n) is 1.64. The van der Waals surface area contributed by atoms with Crippen molar-refractivity contribution in [3.05, 3.63) is 22.6 Å². The third-order valence-corrected chi connectivity index (χ3v) is 3.49. The van der Waals surface area contributed by atoms with Crippen molar-refractivity contribution in [3.8, 4) is 0 Å². The molecule has 0 spiro atoms. The second-order valence-electron chi connectivity index (χ2n) is 4.60. The molecule has 2 aliphatic rings. The van der Waals surface area contributed by atoms with Crippen molar-refractivity contribution >= 4 is 17.3 Å². The van der Waals surface area contributed by atoms with Crippen LogP contribution in [0.15, 0.2) is 27.6 Å². The molecule has 0 saturated carbocycles. The van der Waals surface area contributed by atoms with Gasteiger partial charge in [-0.15, -0.1) is 0 Å². The van der Waals surface area contributed by atoms with Crippen molar-refractivity contribution in [2.45, 2.75) is 33.2 Å². The second kappa shape index (κ2) is 3.02. The van der Waals surface area contributed by atoms with Gasteiger partial charge in [0.05, 0.1) is 11.6 Å². The SMILES string of the molecule is CC(C)(C)C1=CC=C2SC=NC2C1. The van der Waals surface area contributed by atoms with E-state index in [4.69, 9.17) is 0 Å². The van der Waals surface area contributed by atoms with Gasteiger partial charge in [0.1, 0.15) is 0 Å². The number of rotatable bonds is 0. The summed E-state index contributed by atoms with van der Waals surface area (Å²) in [4.78, 5) is 5.86. The van der Waals surface area contributed by atoms with Crippen LogP contribution in [0.1, 0.15) is 27.2 Å². The zero-order chi connectivity index (χ0) is 9.47. The number of hydrogen-bond donors (Lipinski definition) is 0. The molecule has 2 rings (SSSR count). The molecule has 0 amide bonds. The van der Waals surface area contributed by atoms with E-state index in [9.17, 15) is 0 Å². The van der Waals surface area contributed by atoms with Crippen LogP contribution in [0.5, 0.6) is 0 Å². The van der Waals surface area contributed by atoms with E-state index in [1.165, 1.54) is 10.5 Å². The number of hydrogen-bond acceptors (Lipinski definition) is 2. The molecule has 0 saturated heterocycles. The van der Waals surface area contributed by atoms with Crippen molar-refractivity contribution < 1.29 is 0 Å². The zero-order valence-corrected chi connectivity index (χ0v) is 9.19. The summed E-state index contributed by atoms with van der Waals surface area (Å²) in [5.74, 6) is 0. The Morgan fingerprint density at radius 2 is 2.15 bits per heavy atom. The third kappa shape index (κ3) is 1.73. The van der Waals surface area contributed by atoms with Crippen LogP contribution in [0, 0.1) is 5.41 Å². The summed E-state index contributed by atoms with van der Waals surface area (Å²) in [6, 6.07) is 0.434. The molecule has 1 unspecified atom stereocenters. The predicted octanol–water partition coefficient (Wildman–Crippen LogP) is 3.39. The number of nitrogens with zero attached hydrogens (tertiary/aromatic N) is 1. The molecule has 0 bridgehead atoms. The smallest absolute Gasteiger partial charge is 0.0854 e. The lowest BCUT2D eigenvalue weighted by molar-refractivity contribution is 0.472. The molecule has 13 heavy (non-hydrogen) atoms. The Labute approximate surface area is 84.0 Å². The predicted molar refractivity (Wildman–Crippen MR) is 60.1 cm³/mol. The van der Waals surface area contributed by atoms with Crippen molar-refractivity contribution in [2.24, 2.45) is 10.4 Å². The minimum atomic E-state index is 0.296. The first-order valence-electron chi connectivity index (χ1n) is 4.67. The second-order valence-corrected chi connectivity index (χ2v) is 5.52. The highest BCUT2D eigenvalue weighted by Crippen LogP contribution is 2.39. The molecule has 0 aromatic heterocycles. The highest BCUT2D eigenvalue weighted by Gasteiger charge is 2.27. The molecule has 0 aromatic rings. The van der Waals surface area contributed by atoms with E-state index >= 15 is 0 Å². The van der Waals surface area contributed by atoms with E-state index in [0.29, 0.717) is 11.5 Å². The van der Waals surface area contributed by atoms with Crippen LogP contribution in [0.2, 0.25) is 0 Å². The van der Waals surface area contributed by atoms with E-state index in [-0.39, 0.29) is 0 Å². The number of fused-ring (bicyclic) bond motifs is 1. The molecule has 0 radical (unpaired) electrons. The lowest BCUT2D eigenvalue weighted by atomic mass is 9.81. The van der Waals surface area contributed by atoms with Crippen molar-refractivity contribution in [1.29, 1.82) is 0 Å². The number of aliphatic imine (C=N–C) groups is 1. The molecule has 1 nitrogen and oxygen atoms in total. The van der Waals surface area contributed by atoms with Crippen LogP contribution < -0.4 is 0 Å². The average Bonchev–Trinajstić information content (AvgIpc) is 2.47. The molecule has 0 N–H and O–H groups in total. The van der Waals surface area contributed by atoms with Gasteiger partial charge in [0.15, 0.2) is 0 Å². The maximum absolute atomic E-state index is 4.45. The molecule has 2 heteroatoms. The summed E-state index contributed by atoms with van der Waals surface area (Å²) in [5, 5.41) is 0. The monoisotopic (exact) mass is 193 g/mol. The Balaban J connectivity index is 2.23. The van der Waals surface area contributed by atoms with Crippen LogP contribution in [0.3, 0.4) is 0 Å². The van der Waals surface area contributed by atoms with Crippen LogP contribution in [0.25, 0.3) is 0 Å². The van der Waals surface area contributed by atoms with Crippen molar-refractivity contribution in [1.82, 2.24) is 0 Å². The highest BCUT2D eigenvalue weighted by molar-refractivity contribution is 8.15. The Bertz CT molecular complexity index is 305. The van der Waals surface area contributed by atoms with Gasteiger partial charge in [0.2, 0.25) is 0 Å². The number of thioether (sulfide) groups is 1. The average molecular weight is 193 g/mol. The first kappa shape index (κ1) is 9.07. The van der Waals surface area contributed by atoms with Gasteiger partial charge >= 0.3 is 0 Å². The summed E-state index contributed by atoms with van der Waals surface area (Å²) < 4.78 is 0. The standard InChI is InChI=1S/C11H15NS/c1-11(2,3)8-4-5-10-9(6-8)12-7-13-10/h4-5,7,9H,6H2,1-3H3. The summed E-state index contributed by atoms with van der Waals surface area (Å²) in [6.45, 7) is 6.80. The molecular weight excluding hydrogens is 178 g/mol. The lowest BCUT2D eigenvalue weighted by Crippen LogP contribution is -2.17. The third-order valence-electron chi connectivity index (χ3n) is 2.58. The van der Waals surface area contributed by atoms with Gasteiger partial charge < -0.3 is 0 Å². The fraction of sp³-hybridized carbons (Fsp3) is 0.545. The quantitative estimate of drug-likeness (QED) is 0.574. The molecular formula is C11H15NS. The zero-order valence-electron chi connectivity index (χ0n) is 8.37. The molecule has 1 heterocycles. The molecule has 70 valence electrons. The Morgan fingerprint density at radius 3 is 2.85 bits per heavy atom. The molecule has 1 atom stereocenters. The normalized spacial score (nSPS) is 26.8. The van der Waals surface area contributed by atoms with E-state index < -0.39 is 0 Å². The molecule has 1 aliphatic carbocycles. The van der Waals surface area contributed by atoms with Crippen molar-refractivity contribution in [2.75, 3.05) is 0 Å². The van der Waals surface area contributed by atoms with Crippen LogP contribution in [0.4, 0.5) is 0 Å². The summed E-state index contributed by atoms with van der Waals surface area (Å²) in [7, 11) is 0. The summed E-state index contributed by atoms with van der Waals surface area (Å²) in [5.41, 5.74) is 3.78. The van der Waals surface area contributed by atoms with Crippen LogP contribution in [-0.4, -0.2) is 11.6 Å². The van der Waals surface area contributed by atoms with Gasteiger partial charge in [-0.05, 0) is 11.8 Å². The minimum Gasteiger partial charge on any atom is -0.277 e. The van der Waals surface area contributed by atoms with Gasteiger partial charge in [-0.2, -0.15) is 0 Å². The maximum atomic E-state index is 4.45. The summed E-state index contributed by atoms with van der Waals surface area (Å²) >= 11 is 1.76. The van der Waals surface area contributed by atoms with Crippen molar-refractivity contribution in [3.63, 3.8) is 0 Å². The lowest BCUT2D eigenvalue weighted by Gasteiger charge is -2.27. The Morgan fingerprint density at radius 1 is 1.38 bits per heavy atom. The largest absolute Gasteiger partial charge is 0.277 e. The van der Waals surface area contributed by atoms with Crippen LogP contribution >= 0.6 is 11.8 Å². The first-order chi connectivity index (χ1) is 6.07. The van der Waals surface area contributed by atoms with E-state index in [0.717, 1.165) is 6.42 Å². The Kier molecular flexibility index (Phi) is 2.11. The molecule has 0 fully saturated rings. The van der Waals surface area contributed by atoms with E-state index in [2.05, 4.69) is 37.9 Å². The molecule has 0 aromatic carbocycles. The van der Waals surface area contributed by atoms with Gasteiger partial charge in [0.25, 0.3) is 0 Å². The van der Waals surface area contributed by atoms with Gasteiger partial charge in [-0.3, -0.25) is 4.99 Å². The highest BCUT2D eigenvalue weighted by atomic mass is 32.2. The van der Waals surface area contributed by atoms with E-state index in [1.807, 2.05) is 5.55 Å². The van der Waals surface area contributed by atoms with Gasteiger partial charge in [-0.25, -0.2) is 0 Å². The van der Waals surface area contributed by atoms with Crippen LogP contribution in [-0.2, 0) is 0 Å². The van der Waals surface area contributed by atoms with Gasteiger partial charge in [0, 0.05) is 4.91 Å². The minimum absolute atomic E-state index is 0.296. The fourth-order valence-corrected chi connectivity index (χ4v) is 2.41. The summed E-state index contributed by atoms with van der Waals surface area (Å²) in [6.07, 6.45) is 5.61. The van der Waals surface area contributed by atoms with E-state index in [1.54, 1.807) is 11.8 Å². The maximum Gasteiger partial charge on any atom is 0.0854 e. The Hall–Kier alpha value is -0.500. The molecule has 1 aliphatic heterocycles. The first-order valence-corrected chi connectivity index (χ1v) is 5.55.